The maximum Gasteiger partial charge on any atom is 0.247 e. The summed E-state index contributed by atoms with van der Waals surface area (Å²) in [5.74, 6) is 1.05. The topological polar surface area (TPSA) is 72.1 Å². The molecule has 0 N–H and O–H groups in total. The first-order valence-corrected chi connectivity index (χ1v) is 7.17. The highest BCUT2D eigenvalue weighted by Crippen LogP contribution is 2.16. The highest BCUT2D eigenvalue weighted by Gasteiger charge is 2.12. The van der Waals surface area contributed by atoms with Crippen molar-refractivity contribution in [3.63, 3.8) is 0 Å². The fourth-order valence-electron chi connectivity index (χ4n) is 1.89. The number of aromatic nitrogens is 3. The summed E-state index contributed by atoms with van der Waals surface area (Å²) in [5, 5.41) is 7.97. The van der Waals surface area contributed by atoms with Crippen LogP contribution in [0.2, 0.25) is 0 Å². The molecule has 0 saturated heterocycles. The van der Waals surface area contributed by atoms with Gasteiger partial charge in [0.05, 0.1) is 0 Å². The Bertz CT molecular complexity index is 568. The molecule has 0 aromatic carbocycles. The first-order valence-electron chi connectivity index (χ1n) is 7.17. The highest BCUT2D eigenvalue weighted by molar-refractivity contribution is 5.75. The molecule has 0 saturated carbocycles. The number of hydrogen-bond donors (Lipinski definition) is 0. The summed E-state index contributed by atoms with van der Waals surface area (Å²) in [6.45, 7) is 2.90. The molecule has 0 unspecified atom stereocenters. The average molecular weight is 288 g/mol. The van der Waals surface area contributed by atoms with Crippen LogP contribution >= 0.6 is 0 Å². The summed E-state index contributed by atoms with van der Waals surface area (Å²) in [6, 6.07) is 3.61. The second-order valence-electron chi connectivity index (χ2n) is 4.91. The Labute approximate surface area is 124 Å². The molecule has 2 aromatic heterocycles. The smallest absolute Gasteiger partial charge is 0.247 e. The Morgan fingerprint density at radius 2 is 2.05 bits per heavy atom. The third-order valence-corrected chi connectivity index (χ3v) is 3.22. The molecular weight excluding hydrogens is 268 g/mol. The summed E-state index contributed by atoms with van der Waals surface area (Å²) < 4.78 is 5.56. The molecule has 6 nitrogen and oxygen atoms in total. The van der Waals surface area contributed by atoms with Crippen LogP contribution < -0.4 is 0 Å². The van der Waals surface area contributed by atoms with Crippen LogP contribution in [-0.2, 0) is 11.2 Å². The van der Waals surface area contributed by atoms with Crippen LogP contribution in [-0.4, -0.2) is 39.6 Å². The third-order valence-electron chi connectivity index (χ3n) is 3.22. The number of unbranched alkanes of at least 4 members (excludes halogenated alkanes) is 1. The van der Waals surface area contributed by atoms with E-state index in [2.05, 4.69) is 22.1 Å². The van der Waals surface area contributed by atoms with Gasteiger partial charge in [0.15, 0.2) is 0 Å². The largest absolute Gasteiger partial charge is 0.421 e. The van der Waals surface area contributed by atoms with E-state index >= 15 is 0 Å². The van der Waals surface area contributed by atoms with E-state index in [1.54, 1.807) is 29.4 Å². The van der Waals surface area contributed by atoms with E-state index < -0.39 is 0 Å². The fourth-order valence-corrected chi connectivity index (χ4v) is 1.89. The van der Waals surface area contributed by atoms with E-state index in [-0.39, 0.29) is 5.91 Å². The minimum atomic E-state index is 0.104. The maximum atomic E-state index is 11.9. The third kappa shape index (κ3) is 4.37. The van der Waals surface area contributed by atoms with Crippen molar-refractivity contribution in [2.24, 2.45) is 0 Å². The molecule has 6 heteroatoms. The Hall–Kier alpha value is -2.24. The van der Waals surface area contributed by atoms with Crippen molar-refractivity contribution in [3.05, 3.63) is 30.4 Å². The Morgan fingerprint density at radius 1 is 1.29 bits per heavy atom. The summed E-state index contributed by atoms with van der Waals surface area (Å²) in [7, 11) is 1.83. The number of carbonyl (C=O) groups excluding carboxylic acids is 1. The monoisotopic (exact) mass is 288 g/mol. The molecule has 0 bridgehead atoms. The molecule has 2 heterocycles. The Balaban J connectivity index is 1.87. The van der Waals surface area contributed by atoms with Crippen molar-refractivity contribution in [1.82, 2.24) is 20.1 Å². The van der Waals surface area contributed by atoms with Gasteiger partial charge in [-0.15, -0.1) is 10.2 Å². The van der Waals surface area contributed by atoms with Gasteiger partial charge in [-0.2, -0.15) is 0 Å². The van der Waals surface area contributed by atoms with Gasteiger partial charge < -0.3 is 9.32 Å². The second-order valence-corrected chi connectivity index (χ2v) is 4.91. The number of nitrogens with zero attached hydrogens (tertiary/aromatic N) is 4. The van der Waals surface area contributed by atoms with Gasteiger partial charge in [0.1, 0.15) is 0 Å². The van der Waals surface area contributed by atoms with E-state index in [4.69, 9.17) is 4.42 Å². The average Bonchev–Trinajstić information content (AvgIpc) is 3.00. The van der Waals surface area contributed by atoms with E-state index in [1.165, 1.54) is 0 Å². The predicted octanol–water partition coefficient (Wildman–Crippen LogP) is 2.32. The number of hydrogen-bond acceptors (Lipinski definition) is 5. The van der Waals surface area contributed by atoms with Crippen LogP contribution in [0.25, 0.3) is 11.5 Å². The number of aryl methyl sites for hydroxylation is 1. The lowest BCUT2D eigenvalue weighted by Crippen LogP contribution is -2.27. The van der Waals surface area contributed by atoms with Crippen LogP contribution in [0.5, 0.6) is 0 Å². The molecule has 2 rings (SSSR count). The highest BCUT2D eigenvalue weighted by atomic mass is 16.4. The van der Waals surface area contributed by atoms with Crippen LogP contribution in [0.1, 0.15) is 32.1 Å². The quantitative estimate of drug-likeness (QED) is 0.782. The fraction of sp³-hybridized carbons (Fsp3) is 0.467. The van der Waals surface area contributed by atoms with Crippen molar-refractivity contribution in [2.45, 2.75) is 32.6 Å². The van der Waals surface area contributed by atoms with Gasteiger partial charge in [0, 0.05) is 44.4 Å². The van der Waals surface area contributed by atoms with E-state index in [0.29, 0.717) is 24.6 Å². The molecule has 2 aromatic rings. The molecule has 0 radical (unpaired) electrons. The molecule has 0 atom stereocenters. The van der Waals surface area contributed by atoms with Crippen molar-refractivity contribution < 1.29 is 9.21 Å². The molecule has 0 spiro atoms. The summed E-state index contributed by atoms with van der Waals surface area (Å²) in [5.41, 5.74) is 0.829. The molecular formula is C15H20N4O2. The van der Waals surface area contributed by atoms with Crippen molar-refractivity contribution >= 4 is 5.91 Å². The van der Waals surface area contributed by atoms with E-state index in [9.17, 15) is 4.79 Å². The number of amides is 1. The van der Waals surface area contributed by atoms with Crippen molar-refractivity contribution in [3.8, 4) is 11.5 Å². The Morgan fingerprint density at radius 3 is 2.76 bits per heavy atom. The summed E-state index contributed by atoms with van der Waals surface area (Å²) >= 11 is 0. The maximum absolute atomic E-state index is 11.9. The van der Waals surface area contributed by atoms with E-state index in [1.807, 2.05) is 7.05 Å². The van der Waals surface area contributed by atoms with Crippen LogP contribution in [0.15, 0.2) is 28.9 Å². The standard InChI is InChI=1S/C15H20N4O2/c1-3-4-11-19(2)14(20)6-5-13-17-18-15(21-13)12-7-9-16-10-8-12/h7-10H,3-6,11H2,1-2H3. The zero-order valence-corrected chi connectivity index (χ0v) is 12.5. The van der Waals surface area contributed by atoms with Crippen LogP contribution in [0, 0.1) is 0 Å². The van der Waals surface area contributed by atoms with Crippen molar-refractivity contribution in [1.29, 1.82) is 0 Å². The van der Waals surface area contributed by atoms with Crippen LogP contribution in [0.4, 0.5) is 0 Å². The SMILES string of the molecule is CCCCN(C)C(=O)CCc1nnc(-c2ccncc2)o1. The predicted molar refractivity (Wildman–Crippen MR) is 78.4 cm³/mol. The molecule has 0 aliphatic carbocycles. The van der Waals surface area contributed by atoms with Gasteiger partial charge in [-0.1, -0.05) is 13.3 Å². The first-order chi connectivity index (χ1) is 10.2. The summed E-state index contributed by atoms with van der Waals surface area (Å²) in [6.07, 6.45) is 6.30. The zero-order valence-electron chi connectivity index (χ0n) is 12.5. The molecule has 112 valence electrons. The summed E-state index contributed by atoms with van der Waals surface area (Å²) in [4.78, 5) is 17.6. The number of pyridine rings is 1. The molecule has 1 amide bonds. The first kappa shape index (κ1) is 15.2. The minimum absolute atomic E-state index is 0.104. The van der Waals surface area contributed by atoms with Crippen molar-refractivity contribution in [2.75, 3.05) is 13.6 Å². The lowest BCUT2D eigenvalue weighted by molar-refractivity contribution is -0.130. The lowest BCUT2D eigenvalue weighted by atomic mass is 10.2. The van der Waals surface area contributed by atoms with Gasteiger partial charge in [0.25, 0.3) is 0 Å². The lowest BCUT2D eigenvalue weighted by Gasteiger charge is -2.15. The number of rotatable bonds is 7. The zero-order chi connectivity index (χ0) is 15.1. The van der Waals surface area contributed by atoms with Gasteiger partial charge in [-0.05, 0) is 18.6 Å². The van der Waals surface area contributed by atoms with E-state index in [0.717, 1.165) is 24.9 Å². The van der Waals surface area contributed by atoms with Gasteiger partial charge >= 0.3 is 0 Å². The molecule has 0 aliphatic rings. The van der Waals surface area contributed by atoms with Crippen LogP contribution in [0.3, 0.4) is 0 Å². The minimum Gasteiger partial charge on any atom is -0.421 e. The molecule has 0 fully saturated rings. The van der Waals surface area contributed by atoms with Gasteiger partial charge in [-0.3, -0.25) is 9.78 Å². The molecule has 0 aliphatic heterocycles. The van der Waals surface area contributed by atoms with Gasteiger partial charge in [-0.25, -0.2) is 0 Å². The number of carbonyl (C=O) groups is 1. The van der Waals surface area contributed by atoms with Gasteiger partial charge in [0.2, 0.25) is 17.7 Å². The normalized spacial score (nSPS) is 10.6. The Kier molecular flexibility index (Phi) is 5.43. The second kappa shape index (κ2) is 7.52. The molecule has 21 heavy (non-hydrogen) atoms.